The molecule has 34 heavy (non-hydrogen) atoms. The van der Waals surface area contributed by atoms with Crippen LogP contribution in [-0.4, -0.2) is 65.5 Å². The topological polar surface area (TPSA) is 80.6 Å². The van der Waals surface area contributed by atoms with Crippen molar-refractivity contribution in [3.63, 3.8) is 0 Å². The van der Waals surface area contributed by atoms with Crippen molar-refractivity contribution in [3.05, 3.63) is 53.3 Å². The van der Waals surface area contributed by atoms with Crippen LogP contribution in [0.2, 0.25) is 0 Å². The van der Waals surface area contributed by atoms with Crippen LogP contribution in [0.3, 0.4) is 0 Å². The van der Waals surface area contributed by atoms with Crippen molar-refractivity contribution < 1.29 is 13.2 Å². The molecule has 5 rings (SSSR count). The number of nitrogens with zero attached hydrogens (tertiary/aromatic N) is 5. The van der Waals surface area contributed by atoms with Crippen molar-refractivity contribution in [3.8, 4) is 0 Å². The second-order valence-electron chi connectivity index (χ2n) is 8.55. The Labute approximate surface area is 203 Å². The van der Waals surface area contributed by atoms with Crippen LogP contribution in [0.25, 0.3) is 21.3 Å². The standard InChI is InChI=1S/C24H29N5O3S2/c1-4-29-21-10-9-18(34(30,31)28-11-13-32-14-12-28)15-20(21)25-23(29)16-27(3)17(2)24-26-19-7-5-6-8-22(19)33-24/h5-10,15,17H,4,11-14,16H2,1-3H3/t17-/m1/s1. The summed E-state index contributed by atoms with van der Waals surface area (Å²) in [5, 5.41) is 1.07. The molecule has 0 saturated carbocycles. The molecule has 1 aliphatic rings. The third-order valence-corrected chi connectivity index (χ3v) is 9.54. The molecule has 0 aliphatic carbocycles. The van der Waals surface area contributed by atoms with Crippen LogP contribution < -0.4 is 0 Å². The summed E-state index contributed by atoms with van der Waals surface area (Å²) >= 11 is 1.72. The third kappa shape index (κ3) is 4.25. The van der Waals surface area contributed by atoms with Gasteiger partial charge in [0.15, 0.2) is 0 Å². The molecule has 1 aliphatic heterocycles. The van der Waals surface area contributed by atoms with Crippen LogP contribution in [0.5, 0.6) is 0 Å². The van der Waals surface area contributed by atoms with E-state index in [4.69, 9.17) is 14.7 Å². The molecule has 0 bridgehead atoms. The molecule has 4 aromatic rings. The van der Waals surface area contributed by atoms with Gasteiger partial charge in [-0.25, -0.2) is 18.4 Å². The van der Waals surface area contributed by atoms with E-state index in [1.807, 2.05) is 24.3 Å². The smallest absolute Gasteiger partial charge is 0.243 e. The average Bonchev–Trinajstić information content (AvgIpc) is 3.44. The maximum absolute atomic E-state index is 13.1. The Bertz CT molecular complexity index is 1390. The Morgan fingerprint density at radius 1 is 1.12 bits per heavy atom. The van der Waals surface area contributed by atoms with Crippen molar-refractivity contribution in [2.75, 3.05) is 33.4 Å². The Balaban J connectivity index is 1.42. The maximum atomic E-state index is 13.1. The summed E-state index contributed by atoms with van der Waals surface area (Å²) in [4.78, 5) is 12.2. The summed E-state index contributed by atoms with van der Waals surface area (Å²) < 4.78 is 36.4. The minimum absolute atomic E-state index is 0.125. The summed E-state index contributed by atoms with van der Waals surface area (Å²) in [5.74, 6) is 0.911. The van der Waals surface area contributed by atoms with Crippen LogP contribution in [0.15, 0.2) is 47.4 Å². The van der Waals surface area contributed by atoms with Crippen molar-refractivity contribution in [1.29, 1.82) is 0 Å². The zero-order chi connectivity index (χ0) is 23.9. The second-order valence-corrected chi connectivity index (χ2v) is 11.6. The highest BCUT2D eigenvalue weighted by Gasteiger charge is 2.27. The Hall–Kier alpha value is -2.37. The monoisotopic (exact) mass is 499 g/mol. The van der Waals surface area contributed by atoms with Crippen LogP contribution in [0, 0.1) is 0 Å². The summed E-state index contributed by atoms with van der Waals surface area (Å²) in [7, 11) is -1.49. The van der Waals surface area contributed by atoms with Gasteiger partial charge in [-0.15, -0.1) is 11.3 Å². The molecule has 0 unspecified atom stereocenters. The van der Waals surface area contributed by atoms with Crippen LogP contribution in [-0.2, 0) is 27.8 Å². The Kier molecular flexibility index (Phi) is 6.43. The van der Waals surface area contributed by atoms with E-state index < -0.39 is 10.0 Å². The van der Waals surface area contributed by atoms with Crippen LogP contribution in [0.4, 0.5) is 0 Å². The number of hydrogen-bond donors (Lipinski definition) is 0. The lowest BCUT2D eigenvalue weighted by Gasteiger charge is -2.26. The predicted octanol–water partition coefficient (Wildman–Crippen LogP) is 3.88. The lowest BCUT2D eigenvalue weighted by molar-refractivity contribution is 0.0730. The number of aromatic nitrogens is 3. The summed E-state index contributed by atoms with van der Waals surface area (Å²) in [6.45, 7) is 7.23. The van der Waals surface area contributed by atoms with Crippen LogP contribution in [0.1, 0.15) is 30.7 Å². The van der Waals surface area contributed by atoms with E-state index in [2.05, 4.69) is 36.4 Å². The molecule has 10 heteroatoms. The Morgan fingerprint density at radius 3 is 2.62 bits per heavy atom. The molecule has 0 spiro atoms. The molecule has 2 aromatic heterocycles. The zero-order valence-electron chi connectivity index (χ0n) is 19.6. The number of fused-ring (bicyclic) bond motifs is 2. The SMILES string of the molecule is CCn1c(CN(C)[C@H](C)c2nc3ccccc3s2)nc2cc(S(=O)(=O)N3CCOCC3)ccc21. The second kappa shape index (κ2) is 9.35. The quantitative estimate of drug-likeness (QED) is 0.384. The van der Waals surface area contributed by atoms with Gasteiger partial charge in [0.2, 0.25) is 10.0 Å². The first-order valence-corrected chi connectivity index (χ1v) is 13.8. The van der Waals surface area contributed by atoms with Gasteiger partial charge >= 0.3 is 0 Å². The van der Waals surface area contributed by atoms with Crippen molar-refractivity contribution in [2.24, 2.45) is 0 Å². The first-order valence-electron chi connectivity index (χ1n) is 11.5. The lowest BCUT2D eigenvalue weighted by Crippen LogP contribution is -2.40. The molecule has 0 amide bonds. The molecule has 1 atom stereocenters. The van der Waals surface area contributed by atoms with Gasteiger partial charge in [-0.1, -0.05) is 12.1 Å². The normalized spacial score (nSPS) is 16.6. The van der Waals surface area contributed by atoms with Crippen LogP contribution >= 0.6 is 11.3 Å². The maximum Gasteiger partial charge on any atom is 0.243 e. The number of imidazole rings is 1. The molecule has 0 N–H and O–H groups in total. The van der Waals surface area contributed by atoms with Gasteiger partial charge in [-0.3, -0.25) is 4.90 Å². The number of para-hydroxylation sites is 1. The third-order valence-electron chi connectivity index (χ3n) is 6.44. The van der Waals surface area contributed by atoms with E-state index in [1.54, 1.807) is 23.5 Å². The van der Waals surface area contributed by atoms with Gasteiger partial charge in [0.25, 0.3) is 0 Å². The number of morpholine rings is 1. The molecular formula is C24H29N5O3S2. The molecule has 3 heterocycles. The number of benzene rings is 2. The number of aryl methyl sites for hydroxylation is 1. The summed E-state index contributed by atoms with van der Waals surface area (Å²) in [5.41, 5.74) is 2.67. The predicted molar refractivity (Wildman–Crippen MR) is 134 cm³/mol. The Morgan fingerprint density at radius 2 is 1.88 bits per heavy atom. The highest BCUT2D eigenvalue weighted by Crippen LogP contribution is 2.30. The van der Waals surface area contributed by atoms with E-state index in [0.717, 1.165) is 28.4 Å². The van der Waals surface area contributed by atoms with Gasteiger partial charge in [0, 0.05) is 19.6 Å². The van der Waals surface area contributed by atoms with E-state index in [-0.39, 0.29) is 10.9 Å². The van der Waals surface area contributed by atoms with E-state index >= 15 is 0 Å². The number of rotatable bonds is 7. The number of sulfonamides is 1. The molecule has 1 saturated heterocycles. The molecule has 0 radical (unpaired) electrons. The first-order chi connectivity index (χ1) is 16.4. The van der Waals surface area contributed by atoms with Gasteiger partial charge < -0.3 is 9.30 Å². The highest BCUT2D eigenvalue weighted by atomic mass is 32.2. The number of hydrogen-bond acceptors (Lipinski definition) is 7. The van der Waals surface area contributed by atoms with Gasteiger partial charge in [-0.2, -0.15) is 4.31 Å². The van der Waals surface area contributed by atoms with Crippen molar-refractivity contribution in [2.45, 2.75) is 37.9 Å². The molecule has 2 aromatic carbocycles. The first kappa shape index (κ1) is 23.4. The minimum Gasteiger partial charge on any atom is -0.379 e. The fourth-order valence-corrected chi connectivity index (χ4v) is 6.86. The van der Waals surface area contributed by atoms with Gasteiger partial charge in [0.05, 0.1) is 51.9 Å². The lowest BCUT2D eigenvalue weighted by atomic mass is 10.3. The molecular weight excluding hydrogens is 470 g/mol. The number of thiazole rings is 1. The van der Waals surface area contributed by atoms with E-state index in [9.17, 15) is 8.42 Å². The van der Waals surface area contributed by atoms with Crippen molar-refractivity contribution in [1.82, 2.24) is 23.7 Å². The van der Waals surface area contributed by atoms with Crippen molar-refractivity contribution >= 4 is 42.6 Å². The fourth-order valence-electron chi connectivity index (χ4n) is 4.35. The van der Waals surface area contributed by atoms with E-state index in [1.165, 1.54) is 9.01 Å². The van der Waals surface area contributed by atoms with Gasteiger partial charge in [0.1, 0.15) is 10.8 Å². The average molecular weight is 500 g/mol. The summed E-state index contributed by atoms with van der Waals surface area (Å²) in [6.07, 6.45) is 0. The highest BCUT2D eigenvalue weighted by molar-refractivity contribution is 7.89. The van der Waals surface area contributed by atoms with Gasteiger partial charge in [-0.05, 0) is 51.2 Å². The summed E-state index contributed by atoms with van der Waals surface area (Å²) in [6, 6.07) is 13.6. The fraction of sp³-hybridized carbons (Fsp3) is 0.417. The molecule has 180 valence electrons. The largest absolute Gasteiger partial charge is 0.379 e. The molecule has 8 nitrogen and oxygen atoms in total. The zero-order valence-corrected chi connectivity index (χ0v) is 21.3. The number of ether oxygens (including phenoxy) is 1. The molecule has 1 fully saturated rings. The minimum atomic E-state index is -3.56. The van der Waals surface area contributed by atoms with E-state index in [0.29, 0.717) is 38.4 Å².